The lowest BCUT2D eigenvalue weighted by Gasteiger charge is -2.34. The Bertz CT molecular complexity index is 833. The van der Waals surface area contributed by atoms with Crippen LogP contribution in [0.15, 0.2) is 48.5 Å². The number of hydrogen-bond donors (Lipinski definition) is 1. The molecule has 0 spiro atoms. The van der Waals surface area contributed by atoms with E-state index in [2.05, 4.69) is 54.3 Å². The largest absolute Gasteiger partial charge is 0.493 e. The van der Waals surface area contributed by atoms with Gasteiger partial charge in [0, 0.05) is 31.0 Å². The van der Waals surface area contributed by atoms with Crippen LogP contribution < -0.4 is 9.47 Å². The van der Waals surface area contributed by atoms with Gasteiger partial charge in [0.05, 0.1) is 19.8 Å². The summed E-state index contributed by atoms with van der Waals surface area (Å²) in [6.45, 7) is 7.57. The van der Waals surface area contributed by atoms with Gasteiger partial charge in [-0.15, -0.1) is 0 Å². The third kappa shape index (κ3) is 4.65. The minimum absolute atomic E-state index is 0.214. The normalized spacial score (nSPS) is 25.3. The molecule has 30 heavy (non-hydrogen) atoms. The van der Waals surface area contributed by atoms with Crippen LogP contribution in [0.5, 0.6) is 11.5 Å². The molecule has 1 saturated carbocycles. The van der Waals surface area contributed by atoms with E-state index < -0.39 is 6.10 Å². The van der Waals surface area contributed by atoms with Crippen LogP contribution in [0.2, 0.25) is 0 Å². The molecule has 1 aliphatic heterocycles. The predicted molar refractivity (Wildman–Crippen MR) is 120 cm³/mol. The predicted octanol–water partition coefficient (Wildman–Crippen LogP) is 4.86. The number of benzene rings is 2. The van der Waals surface area contributed by atoms with E-state index in [1.165, 1.54) is 24.0 Å². The second-order valence-corrected chi connectivity index (χ2v) is 9.38. The maximum atomic E-state index is 10.7. The molecule has 4 rings (SSSR count). The van der Waals surface area contributed by atoms with Gasteiger partial charge in [0.1, 0.15) is 0 Å². The van der Waals surface area contributed by atoms with Crippen molar-refractivity contribution in [3.05, 3.63) is 59.7 Å². The highest BCUT2D eigenvalue weighted by molar-refractivity contribution is 5.45. The molecule has 2 fully saturated rings. The van der Waals surface area contributed by atoms with Crippen molar-refractivity contribution in [3.8, 4) is 11.5 Å². The molecule has 2 aliphatic rings. The third-order valence-corrected chi connectivity index (χ3v) is 7.08. The zero-order valence-corrected chi connectivity index (χ0v) is 18.5. The summed E-state index contributed by atoms with van der Waals surface area (Å²) >= 11 is 0. The minimum atomic E-state index is -0.399. The Balaban J connectivity index is 1.54. The van der Waals surface area contributed by atoms with Crippen molar-refractivity contribution in [1.29, 1.82) is 0 Å². The number of hydrogen-bond acceptors (Lipinski definition) is 4. The van der Waals surface area contributed by atoms with Crippen LogP contribution in [0.3, 0.4) is 0 Å². The Morgan fingerprint density at radius 2 is 1.90 bits per heavy atom. The lowest BCUT2D eigenvalue weighted by atomic mass is 9.72. The molecule has 0 radical (unpaired) electrons. The molecule has 1 heterocycles. The van der Waals surface area contributed by atoms with Gasteiger partial charge >= 0.3 is 0 Å². The number of nitrogens with zero attached hydrogens (tertiary/aromatic N) is 1. The van der Waals surface area contributed by atoms with Crippen LogP contribution in [-0.2, 0) is 6.54 Å². The Morgan fingerprint density at radius 1 is 1.13 bits per heavy atom. The maximum Gasteiger partial charge on any atom is 0.161 e. The molecule has 1 unspecified atom stereocenters. The Kier molecular flexibility index (Phi) is 6.35. The van der Waals surface area contributed by atoms with Gasteiger partial charge in [-0.05, 0) is 42.5 Å². The minimum Gasteiger partial charge on any atom is -0.493 e. The van der Waals surface area contributed by atoms with E-state index in [1.54, 1.807) is 7.11 Å². The fourth-order valence-electron chi connectivity index (χ4n) is 4.76. The highest BCUT2D eigenvalue weighted by Crippen LogP contribution is 2.47. The van der Waals surface area contributed by atoms with E-state index in [1.807, 2.05) is 13.0 Å². The standard InChI is InChI=1S/C26H35NO3/c1-19(28)26(2)18-27(16-21-7-5-4-6-8-21)17-23(26)22-11-12-24(29-3)25(15-22)30-14-13-20-9-10-20/h4-8,11-12,15,19-20,23,28H,9-10,13-14,16-18H2,1-3H3/t19?,23-,26-/m0/s1. The number of likely N-dealkylation sites (tertiary alicyclic amines) is 1. The number of aliphatic hydroxyl groups excluding tert-OH is 1. The van der Waals surface area contributed by atoms with E-state index in [9.17, 15) is 5.11 Å². The van der Waals surface area contributed by atoms with E-state index in [0.29, 0.717) is 0 Å². The van der Waals surface area contributed by atoms with Crippen LogP contribution in [0.25, 0.3) is 0 Å². The van der Waals surface area contributed by atoms with Crippen molar-refractivity contribution in [3.63, 3.8) is 0 Å². The molecular formula is C26H35NO3. The first-order chi connectivity index (χ1) is 14.5. The molecule has 3 atom stereocenters. The molecule has 0 amide bonds. The molecule has 2 aromatic rings. The van der Waals surface area contributed by atoms with Gasteiger partial charge in [-0.1, -0.05) is 56.2 Å². The van der Waals surface area contributed by atoms with Gasteiger partial charge in [-0.3, -0.25) is 4.90 Å². The van der Waals surface area contributed by atoms with E-state index in [0.717, 1.165) is 50.1 Å². The van der Waals surface area contributed by atoms with E-state index >= 15 is 0 Å². The summed E-state index contributed by atoms with van der Waals surface area (Å²) in [6, 6.07) is 16.9. The number of ether oxygens (including phenoxy) is 2. The van der Waals surface area contributed by atoms with Crippen molar-refractivity contribution in [1.82, 2.24) is 4.90 Å². The first-order valence-corrected chi connectivity index (χ1v) is 11.2. The third-order valence-electron chi connectivity index (χ3n) is 7.08. The number of aliphatic hydroxyl groups is 1. The average molecular weight is 410 g/mol. The fraction of sp³-hybridized carbons (Fsp3) is 0.538. The molecular weight excluding hydrogens is 374 g/mol. The van der Waals surface area contributed by atoms with Gasteiger partial charge in [-0.2, -0.15) is 0 Å². The van der Waals surface area contributed by atoms with Crippen molar-refractivity contribution in [2.24, 2.45) is 11.3 Å². The van der Waals surface area contributed by atoms with Crippen molar-refractivity contribution in [2.45, 2.75) is 51.7 Å². The Morgan fingerprint density at radius 3 is 2.57 bits per heavy atom. The molecule has 0 aromatic heterocycles. The Hall–Kier alpha value is -2.04. The highest BCUT2D eigenvalue weighted by Gasteiger charge is 2.46. The van der Waals surface area contributed by atoms with Crippen LogP contribution in [0.1, 0.15) is 50.2 Å². The zero-order valence-electron chi connectivity index (χ0n) is 18.5. The van der Waals surface area contributed by atoms with Gasteiger partial charge < -0.3 is 14.6 Å². The Labute approximate surface area is 180 Å². The van der Waals surface area contributed by atoms with E-state index in [-0.39, 0.29) is 11.3 Å². The molecule has 4 heteroatoms. The molecule has 4 nitrogen and oxygen atoms in total. The molecule has 1 N–H and O–H groups in total. The lowest BCUT2D eigenvalue weighted by molar-refractivity contribution is 0.0474. The van der Waals surface area contributed by atoms with Crippen LogP contribution in [-0.4, -0.2) is 42.9 Å². The van der Waals surface area contributed by atoms with Crippen LogP contribution in [0, 0.1) is 11.3 Å². The summed E-state index contributed by atoms with van der Waals surface area (Å²) in [5.41, 5.74) is 2.32. The van der Waals surface area contributed by atoms with Crippen molar-refractivity contribution >= 4 is 0 Å². The molecule has 162 valence electrons. The summed E-state index contributed by atoms with van der Waals surface area (Å²) in [4.78, 5) is 2.46. The molecule has 1 saturated heterocycles. The summed E-state index contributed by atoms with van der Waals surface area (Å²) in [7, 11) is 1.69. The van der Waals surface area contributed by atoms with Gasteiger partial charge in [-0.25, -0.2) is 0 Å². The van der Waals surface area contributed by atoms with Crippen molar-refractivity contribution in [2.75, 3.05) is 26.8 Å². The first kappa shape index (κ1) is 21.2. The molecule has 0 bridgehead atoms. The highest BCUT2D eigenvalue weighted by atomic mass is 16.5. The maximum absolute atomic E-state index is 10.7. The first-order valence-electron chi connectivity index (χ1n) is 11.2. The number of rotatable bonds is 9. The fourth-order valence-corrected chi connectivity index (χ4v) is 4.76. The van der Waals surface area contributed by atoms with Crippen LogP contribution >= 0.6 is 0 Å². The summed E-state index contributed by atoms with van der Waals surface area (Å²) in [5.74, 6) is 2.69. The second-order valence-electron chi connectivity index (χ2n) is 9.38. The second kappa shape index (κ2) is 8.99. The van der Waals surface area contributed by atoms with Crippen molar-refractivity contribution < 1.29 is 14.6 Å². The molecule has 2 aromatic carbocycles. The number of methoxy groups -OCH3 is 1. The van der Waals surface area contributed by atoms with Crippen LogP contribution in [0.4, 0.5) is 0 Å². The lowest BCUT2D eigenvalue weighted by Crippen LogP contribution is -2.37. The quantitative estimate of drug-likeness (QED) is 0.642. The summed E-state index contributed by atoms with van der Waals surface area (Å²) in [5, 5.41) is 10.7. The topological polar surface area (TPSA) is 41.9 Å². The summed E-state index contributed by atoms with van der Waals surface area (Å²) in [6.07, 6.45) is 3.40. The summed E-state index contributed by atoms with van der Waals surface area (Å²) < 4.78 is 11.7. The van der Waals surface area contributed by atoms with Gasteiger partial charge in [0.2, 0.25) is 0 Å². The SMILES string of the molecule is COc1ccc([C@@H]2CN(Cc3ccccc3)C[C@@]2(C)C(C)O)cc1OCCC1CC1. The van der Waals surface area contributed by atoms with Gasteiger partial charge in [0.25, 0.3) is 0 Å². The van der Waals surface area contributed by atoms with Gasteiger partial charge in [0.15, 0.2) is 11.5 Å². The average Bonchev–Trinajstić information content (AvgIpc) is 3.50. The smallest absolute Gasteiger partial charge is 0.161 e. The van der Waals surface area contributed by atoms with E-state index in [4.69, 9.17) is 9.47 Å². The monoisotopic (exact) mass is 409 g/mol. The zero-order chi connectivity index (χ0) is 21.1. The molecule has 1 aliphatic carbocycles.